The fourth-order valence-corrected chi connectivity index (χ4v) is 1.19. The van der Waals surface area contributed by atoms with E-state index in [4.69, 9.17) is 0 Å². The van der Waals surface area contributed by atoms with E-state index in [1.165, 1.54) is 0 Å². The highest BCUT2D eigenvalue weighted by Crippen LogP contribution is 2.06. The van der Waals surface area contributed by atoms with E-state index in [0.29, 0.717) is 5.92 Å². The van der Waals surface area contributed by atoms with E-state index < -0.39 is 0 Å². The standard InChI is InChI=1S/C10H11S/c1-3-9(2)6-7-10-5-4-8-11-10/h4-5,8-9H,1,3H2,2H3. The van der Waals surface area contributed by atoms with Crippen LogP contribution in [0.3, 0.4) is 0 Å². The third-order valence-electron chi connectivity index (χ3n) is 1.40. The molecule has 1 unspecified atom stereocenters. The van der Waals surface area contributed by atoms with Gasteiger partial charge in [-0.2, -0.15) is 0 Å². The zero-order valence-corrected chi connectivity index (χ0v) is 7.45. The first-order valence-electron chi connectivity index (χ1n) is 3.67. The van der Waals surface area contributed by atoms with Gasteiger partial charge < -0.3 is 0 Å². The number of rotatable bonds is 1. The molecule has 0 aliphatic rings. The van der Waals surface area contributed by atoms with Crippen molar-refractivity contribution in [1.82, 2.24) is 0 Å². The van der Waals surface area contributed by atoms with Crippen molar-refractivity contribution in [3.8, 4) is 11.8 Å². The van der Waals surface area contributed by atoms with Crippen LogP contribution in [0, 0.1) is 24.7 Å². The Bertz CT molecular complexity index is 248. The average molecular weight is 163 g/mol. The lowest BCUT2D eigenvalue weighted by molar-refractivity contribution is 0.771. The van der Waals surface area contributed by atoms with Crippen molar-refractivity contribution in [3.63, 3.8) is 0 Å². The summed E-state index contributed by atoms with van der Waals surface area (Å²) in [7, 11) is 0. The van der Waals surface area contributed by atoms with Gasteiger partial charge in [0.1, 0.15) is 0 Å². The fraction of sp³-hybridized carbons (Fsp3) is 0.300. The first-order chi connectivity index (χ1) is 5.33. The number of hydrogen-bond donors (Lipinski definition) is 0. The molecule has 0 N–H and O–H groups in total. The molecule has 0 aliphatic heterocycles. The molecule has 0 aromatic carbocycles. The second kappa shape index (κ2) is 4.20. The van der Waals surface area contributed by atoms with Crippen molar-refractivity contribution in [3.05, 3.63) is 29.3 Å². The van der Waals surface area contributed by atoms with E-state index in [1.807, 2.05) is 17.5 Å². The van der Waals surface area contributed by atoms with Crippen molar-refractivity contribution in [2.75, 3.05) is 0 Å². The van der Waals surface area contributed by atoms with Crippen LogP contribution in [-0.4, -0.2) is 0 Å². The minimum atomic E-state index is 0.414. The van der Waals surface area contributed by atoms with Crippen LogP contribution >= 0.6 is 11.3 Å². The van der Waals surface area contributed by atoms with Gasteiger partial charge in [0.25, 0.3) is 0 Å². The second-order valence-corrected chi connectivity index (χ2v) is 3.38. The van der Waals surface area contributed by atoms with Crippen LogP contribution in [-0.2, 0) is 0 Å². The molecule has 1 heteroatoms. The zero-order chi connectivity index (χ0) is 8.10. The van der Waals surface area contributed by atoms with Gasteiger partial charge >= 0.3 is 0 Å². The molecular weight excluding hydrogens is 152 g/mol. The Labute approximate surface area is 72.3 Å². The van der Waals surface area contributed by atoms with Crippen molar-refractivity contribution in [1.29, 1.82) is 0 Å². The molecule has 1 heterocycles. The lowest BCUT2D eigenvalue weighted by atomic mass is 10.1. The number of thiophene rings is 1. The summed E-state index contributed by atoms with van der Waals surface area (Å²) < 4.78 is 0. The summed E-state index contributed by atoms with van der Waals surface area (Å²) in [6.45, 7) is 5.88. The molecule has 0 nitrogen and oxygen atoms in total. The van der Waals surface area contributed by atoms with E-state index >= 15 is 0 Å². The van der Waals surface area contributed by atoms with Crippen LogP contribution in [0.2, 0.25) is 0 Å². The quantitative estimate of drug-likeness (QED) is 0.558. The van der Waals surface area contributed by atoms with Gasteiger partial charge in [0.2, 0.25) is 0 Å². The Morgan fingerprint density at radius 3 is 3.09 bits per heavy atom. The molecule has 1 radical (unpaired) electrons. The molecule has 1 atom stereocenters. The molecular formula is C10H11S. The molecule has 0 amide bonds. The smallest absolute Gasteiger partial charge is 0.0768 e. The van der Waals surface area contributed by atoms with Gasteiger partial charge in [-0.25, -0.2) is 0 Å². The van der Waals surface area contributed by atoms with Crippen molar-refractivity contribution in [2.45, 2.75) is 13.3 Å². The zero-order valence-electron chi connectivity index (χ0n) is 6.63. The molecule has 1 aromatic rings. The summed E-state index contributed by atoms with van der Waals surface area (Å²) in [5.74, 6) is 6.65. The summed E-state index contributed by atoms with van der Waals surface area (Å²) >= 11 is 1.68. The lowest BCUT2D eigenvalue weighted by Gasteiger charge is -1.92. The van der Waals surface area contributed by atoms with Gasteiger partial charge in [-0.3, -0.25) is 0 Å². The maximum Gasteiger partial charge on any atom is 0.0768 e. The second-order valence-electron chi connectivity index (χ2n) is 2.44. The van der Waals surface area contributed by atoms with Gasteiger partial charge in [0.05, 0.1) is 4.88 Å². The van der Waals surface area contributed by atoms with Crippen LogP contribution < -0.4 is 0 Å². The number of hydrogen-bond acceptors (Lipinski definition) is 1. The third-order valence-corrected chi connectivity index (χ3v) is 2.18. The van der Waals surface area contributed by atoms with Crippen LogP contribution in [0.15, 0.2) is 17.5 Å². The maximum atomic E-state index is 3.79. The van der Waals surface area contributed by atoms with Crippen LogP contribution in [0.25, 0.3) is 0 Å². The van der Waals surface area contributed by atoms with E-state index in [-0.39, 0.29) is 0 Å². The molecule has 1 rings (SSSR count). The topological polar surface area (TPSA) is 0 Å². The molecule has 0 fully saturated rings. The van der Waals surface area contributed by atoms with E-state index in [2.05, 4.69) is 25.7 Å². The van der Waals surface area contributed by atoms with Gasteiger partial charge in [0, 0.05) is 5.92 Å². The molecule has 0 saturated carbocycles. The van der Waals surface area contributed by atoms with Gasteiger partial charge in [0.15, 0.2) is 0 Å². The minimum Gasteiger partial charge on any atom is -0.135 e. The van der Waals surface area contributed by atoms with Crippen molar-refractivity contribution in [2.24, 2.45) is 5.92 Å². The summed E-state index contributed by atoms with van der Waals surface area (Å²) in [5.41, 5.74) is 0. The van der Waals surface area contributed by atoms with Crippen LogP contribution in [0.1, 0.15) is 18.2 Å². The summed E-state index contributed by atoms with van der Waals surface area (Å²) in [4.78, 5) is 1.14. The van der Waals surface area contributed by atoms with E-state index in [0.717, 1.165) is 11.3 Å². The van der Waals surface area contributed by atoms with Gasteiger partial charge in [-0.1, -0.05) is 31.8 Å². The van der Waals surface area contributed by atoms with Gasteiger partial charge in [-0.05, 0) is 17.9 Å². The monoisotopic (exact) mass is 163 g/mol. The molecule has 0 spiro atoms. The summed E-state index contributed by atoms with van der Waals surface area (Å²) in [5, 5.41) is 2.04. The molecule has 0 aliphatic carbocycles. The van der Waals surface area contributed by atoms with Crippen LogP contribution in [0.5, 0.6) is 0 Å². The molecule has 11 heavy (non-hydrogen) atoms. The fourth-order valence-electron chi connectivity index (χ4n) is 0.616. The first-order valence-corrected chi connectivity index (χ1v) is 4.55. The molecule has 1 aromatic heterocycles. The highest BCUT2D eigenvalue weighted by atomic mass is 32.1. The normalized spacial score (nSPS) is 11.8. The average Bonchev–Trinajstić information content (AvgIpc) is 2.52. The molecule has 0 saturated heterocycles. The molecule has 57 valence electrons. The SMILES string of the molecule is [CH2]CC(C)C#Cc1cccs1. The summed E-state index contributed by atoms with van der Waals surface area (Å²) in [6.07, 6.45) is 0.887. The van der Waals surface area contributed by atoms with Gasteiger partial charge in [-0.15, -0.1) is 11.3 Å². The van der Waals surface area contributed by atoms with E-state index in [1.54, 1.807) is 11.3 Å². The predicted molar refractivity (Wildman–Crippen MR) is 50.3 cm³/mol. The van der Waals surface area contributed by atoms with Crippen LogP contribution in [0.4, 0.5) is 0 Å². The minimum absolute atomic E-state index is 0.414. The summed E-state index contributed by atoms with van der Waals surface area (Å²) in [6, 6.07) is 4.05. The van der Waals surface area contributed by atoms with E-state index in [9.17, 15) is 0 Å². The van der Waals surface area contributed by atoms with Crippen molar-refractivity contribution >= 4 is 11.3 Å². The molecule has 0 bridgehead atoms. The Balaban J connectivity index is 2.58. The largest absolute Gasteiger partial charge is 0.135 e. The maximum absolute atomic E-state index is 3.79. The first kappa shape index (κ1) is 8.36. The Hall–Kier alpha value is -0.740. The lowest BCUT2D eigenvalue weighted by Crippen LogP contribution is -1.84. The Kier molecular flexibility index (Phi) is 3.19. The Morgan fingerprint density at radius 1 is 1.73 bits per heavy atom. The predicted octanol–water partition coefficient (Wildman–Crippen LogP) is 2.96. The highest BCUT2D eigenvalue weighted by molar-refractivity contribution is 7.10. The third kappa shape index (κ3) is 2.78. The Morgan fingerprint density at radius 2 is 2.55 bits per heavy atom. The van der Waals surface area contributed by atoms with Crippen molar-refractivity contribution < 1.29 is 0 Å². The highest BCUT2D eigenvalue weighted by Gasteiger charge is 1.90.